The molecule has 2 amide bonds. The van der Waals surface area contributed by atoms with Crippen LogP contribution in [0.25, 0.3) is 0 Å². The monoisotopic (exact) mass is 270 g/mol. The van der Waals surface area contributed by atoms with Crippen molar-refractivity contribution in [2.45, 2.75) is 64.6 Å². The van der Waals surface area contributed by atoms with Gasteiger partial charge >= 0.3 is 0 Å². The number of hydrogen-bond donors (Lipinski definition) is 1. The highest BCUT2D eigenvalue weighted by Crippen LogP contribution is 2.22. The zero-order valence-corrected chi connectivity index (χ0v) is 12.9. The number of rotatable bonds is 5. The Morgan fingerprint density at radius 2 is 1.95 bits per heavy atom. The lowest BCUT2D eigenvalue weighted by Gasteiger charge is -2.43. The Labute approximate surface area is 115 Å². The van der Waals surface area contributed by atoms with Gasteiger partial charge in [-0.15, -0.1) is 0 Å². The maximum absolute atomic E-state index is 12.4. The van der Waals surface area contributed by atoms with E-state index in [0.717, 1.165) is 0 Å². The summed E-state index contributed by atoms with van der Waals surface area (Å²) in [6.45, 7) is 9.90. The number of carbonyl (C=O) groups excluding carboxylic acids is 2. The smallest absolute Gasteiger partial charge is 0.248 e. The zero-order chi connectivity index (χ0) is 14.8. The van der Waals surface area contributed by atoms with Crippen molar-refractivity contribution < 1.29 is 14.3 Å². The first-order valence-electron chi connectivity index (χ1n) is 6.83. The molecule has 5 nitrogen and oxygen atoms in total. The number of nitrogens with zero attached hydrogens (tertiary/aromatic N) is 1. The lowest BCUT2D eigenvalue weighted by atomic mass is 9.94. The quantitative estimate of drug-likeness (QED) is 0.819. The molecule has 0 aliphatic carbocycles. The van der Waals surface area contributed by atoms with E-state index in [4.69, 9.17) is 4.74 Å². The minimum absolute atomic E-state index is 0.0224. The van der Waals surface area contributed by atoms with Crippen LogP contribution in [-0.2, 0) is 14.3 Å². The summed E-state index contributed by atoms with van der Waals surface area (Å²) in [6.07, 6.45) is 1.33. The van der Waals surface area contributed by atoms with Crippen LogP contribution in [0.4, 0.5) is 0 Å². The fourth-order valence-corrected chi connectivity index (χ4v) is 2.24. The van der Waals surface area contributed by atoms with Crippen LogP contribution in [0.1, 0.15) is 47.5 Å². The van der Waals surface area contributed by atoms with Gasteiger partial charge in [0.2, 0.25) is 11.8 Å². The Kier molecular flexibility index (Phi) is 4.61. The molecule has 0 radical (unpaired) electrons. The molecule has 1 saturated heterocycles. The van der Waals surface area contributed by atoms with E-state index < -0.39 is 5.54 Å². The van der Waals surface area contributed by atoms with Crippen LogP contribution in [0, 0.1) is 0 Å². The van der Waals surface area contributed by atoms with Crippen LogP contribution >= 0.6 is 0 Å². The minimum Gasteiger partial charge on any atom is -0.379 e. The summed E-state index contributed by atoms with van der Waals surface area (Å²) < 4.78 is 5.37. The Balaban J connectivity index is 2.86. The number of nitrogens with one attached hydrogen (secondary N) is 1. The highest BCUT2D eigenvalue weighted by molar-refractivity contribution is 5.99. The van der Waals surface area contributed by atoms with Crippen molar-refractivity contribution in [1.82, 2.24) is 10.2 Å². The number of hydrogen-bond acceptors (Lipinski definition) is 3. The van der Waals surface area contributed by atoms with Gasteiger partial charge in [-0.2, -0.15) is 0 Å². The van der Waals surface area contributed by atoms with Gasteiger partial charge in [-0.25, -0.2) is 0 Å². The van der Waals surface area contributed by atoms with Crippen molar-refractivity contribution in [2.24, 2.45) is 0 Å². The first kappa shape index (κ1) is 16.0. The van der Waals surface area contributed by atoms with E-state index in [2.05, 4.69) is 5.32 Å². The lowest BCUT2D eigenvalue weighted by molar-refractivity contribution is -0.154. The van der Waals surface area contributed by atoms with E-state index in [1.807, 2.05) is 20.8 Å². The van der Waals surface area contributed by atoms with Crippen molar-refractivity contribution in [2.75, 3.05) is 13.7 Å². The normalized spacial score (nSPS) is 23.5. The third-order valence-electron chi connectivity index (χ3n) is 3.80. The van der Waals surface area contributed by atoms with E-state index in [1.54, 1.807) is 25.9 Å². The highest BCUT2D eigenvalue weighted by atomic mass is 16.5. The Hall–Kier alpha value is -1.10. The predicted molar refractivity (Wildman–Crippen MR) is 73.7 cm³/mol. The van der Waals surface area contributed by atoms with Crippen LogP contribution in [0.5, 0.6) is 0 Å². The highest BCUT2D eigenvalue weighted by Gasteiger charge is 2.44. The molecule has 1 rings (SSSR count). The average molecular weight is 270 g/mol. The molecule has 19 heavy (non-hydrogen) atoms. The summed E-state index contributed by atoms with van der Waals surface area (Å²) >= 11 is 0. The summed E-state index contributed by atoms with van der Waals surface area (Å²) in [6, 6.07) is -0.367. The first-order chi connectivity index (χ1) is 8.64. The molecule has 0 spiro atoms. The molecule has 0 aromatic carbocycles. The number of amides is 2. The SMILES string of the molecule is CCC1C(=O)NC(C)(C)C(=O)N1CCC(C)(C)OC. The number of ether oxygens (including phenoxy) is 1. The van der Waals surface area contributed by atoms with Crippen LogP contribution in [0.15, 0.2) is 0 Å². The van der Waals surface area contributed by atoms with E-state index in [-0.39, 0.29) is 23.5 Å². The van der Waals surface area contributed by atoms with E-state index in [9.17, 15) is 9.59 Å². The maximum Gasteiger partial charge on any atom is 0.248 e. The van der Waals surface area contributed by atoms with Crippen molar-refractivity contribution in [3.05, 3.63) is 0 Å². The largest absolute Gasteiger partial charge is 0.379 e. The van der Waals surface area contributed by atoms with Gasteiger partial charge in [0.25, 0.3) is 0 Å². The van der Waals surface area contributed by atoms with Crippen LogP contribution < -0.4 is 5.32 Å². The van der Waals surface area contributed by atoms with E-state index in [0.29, 0.717) is 19.4 Å². The average Bonchev–Trinajstić information content (AvgIpc) is 2.31. The molecule has 1 N–H and O–H groups in total. The standard InChI is InChI=1S/C14H26N2O3/c1-7-10-11(17)15-14(4,5)12(18)16(10)9-8-13(2,3)19-6/h10H,7-9H2,1-6H3,(H,15,17). The summed E-state index contributed by atoms with van der Waals surface area (Å²) in [7, 11) is 1.66. The molecular weight excluding hydrogens is 244 g/mol. The number of methoxy groups -OCH3 is 1. The molecule has 0 aromatic rings. The zero-order valence-electron chi connectivity index (χ0n) is 12.9. The minimum atomic E-state index is -0.819. The molecule has 5 heteroatoms. The molecule has 1 atom stereocenters. The van der Waals surface area contributed by atoms with Gasteiger partial charge in [0, 0.05) is 13.7 Å². The number of carbonyl (C=O) groups is 2. The van der Waals surface area contributed by atoms with Crippen LogP contribution in [0.3, 0.4) is 0 Å². The second-order valence-corrected chi connectivity index (χ2v) is 6.25. The summed E-state index contributed by atoms with van der Waals surface area (Å²) in [5.74, 6) is -0.0897. The van der Waals surface area contributed by atoms with Crippen molar-refractivity contribution in [3.8, 4) is 0 Å². The third-order valence-corrected chi connectivity index (χ3v) is 3.80. The van der Waals surface area contributed by atoms with Crippen molar-refractivity contribution in [3.63, 3.8) is 0 Å². The fraction of sp³-hybridized carbons (Fsp3) is 0.857. The van der Waals surface area contributed by atoms with Crippen LogP contribution in [0.2, 0.25) is 0 Å². The molecule has 1 aliphatic rings. The predicted octanol–water partition coefficient (Wildman–Crippen LogP) is 1.32. The van der Waals surface area contributed by atoms with Gasteiger partial charge in [0.1, 0.15) is 11.6 Å². The second-order valence-electron chi connectivity index (χ2n) is 6.25. The van der Waals surface area contributed by atoms with Crippen molar-refractivity contribution in [1.29, 1.82) is 0 Å². The molecule has 1 heterocycles. The van der Waals surface area contributed by atoms with Gasteiger partial charge in [-0.3, -0.25) is 9.59 Å². The van der Waals surface area contributed by atoms with Gasteiger partial charge in [-0.05, 0) is 40.5 Å². The number of piperazine rings is 1. The van der Waals surface area contributed by atoms with E-state index >= 15 is 0 Å². The van der Waals surface area contributed by atoms with Gasteiger partial charge < -0.3 is 15.0 Å². The summed E-state index contributed by atoms with van der Waals surface area (Å²) in [5, 5.41) is 2.79. The molecular formula is C14H26N2O3. The summed E-state index contributed by atoms with van der Waals surface area (Å²) in [5.41, 5.74) is -1.11. The summed E-state index contributed by atoms with van der Waals surface area (Å²) in [4.78, 5) is 26.2. The fourth-order valence-electron chi connectivity index (χ4n) is 2.24. The molecule has 0 saturated carbocycles. The third kappa shape index (κ3) is 3.47. The second kappa shape index (κ2) is 5.49. The van der Waals surface area contributed by atoms with Crippen LogP contribution in [-0.4, -0.2) is 47.6 Å². The molecule has 1 unspecified atom stereocenters. The molecule has 1 fully saturated rings. The van der Waals surface area contributed by atoms with Gasteiger partial charge in [0.05, 0.1) is 5.60 Å². The Morgan fingerprint density at radius 1 is 1.37 bits per heavy atom. The van der Waals surface area contributed by atoms with Gasteiger partial charge in [-0.1, -0.05) is 6.92 Å². The van der Waals surface area contributed by atoms with Crippen molar-refractivity contribution >= 4 is 11.8 Å². The lowest BCUT2D eigenvalue weighted by Crippen LogP contribution is -2.68. The molecule has 1 aliphatic heterocycles. The topological polar surface area (TPSA) is 58.6 Å². The molecule has 110 valence electrons. The van der Waals surface area contributed by atoms with Gasteiger partial charge in [0.15, 0.2) is 0 Å². The Bertz CT molecular complexity index is 364. The molecule has 0 aromatic heterocycles. The first-order valence-corrected chi connectivity index (χ1v) is 6.83. The van der Waals surface area contributed by atoms with E-state index in [1.165, 1.54) is 0 Å². The molecule has 0 bridgehead atoms. The maximum atomic E-state index is 12.4. The Morgan fingerprint density at radius 3 is 2.42 bits per heavy atom.